The van der Waals surface area contributed by atoms with E-state index in [1.54, 1.807) is 17.5 Å². The van der Waals surface area contributed by atoms with Crippen LogP contribution >= 0.6 is 11.3 Å². The van der Waals surface area contributed by atoms with Crippen LogP contribution in [-0.2, 0) is 0 Å². The summed E-state index contributed by atoms with van der Waals surface area (Å²) in [7, 11) is 0. The van der Waals surface area contributed by atoms with E-state index in [1.807, 2.05) is 36.5 Å². The molecule has 0 radical (unpaired) electrons. The van der Waals surface area contributed by atoms with Crippen LogP contribution in [0.5, 0.6) is 0 Å². The van der Waals surface area contributed by atoms with E-state index < -0.39 is 0 Å². The monoisotopic (exact) mass is 365 g/mol. The fourth-order valence-electron chi connectivity index (χ4n) is 3.11. The highest BCUT2D eigenvalue weighted by Crippen LogP contribution is 2.32. The van der Waals surface area contributed by atoms with Crippen molar-refractivity contribution in [3.8, 4) is 10.6 Å². The van der Waals surface area contributed by atoms with E-state index in [-0.39, 0.29) is 0 Å². The van der Waals surface area contributed by atoms with E-state index in [1.165, 1.54) is 18.4 Å². The van der Waals surface area contributed by atoms with Crippen LogP contribution in [0.1, 0.15) is 25.3 Å². The molecule has 1 fully saturated rings. The molecule has 1 N–H and O–H groups in total. The molecule has 4 rings (SSSR count). The lowest BCUT2D eigenvalue weighted by atomic mass is 10.00. The van der Waals surface area contributed by atoms with Crippen molar-refractivity contribution in [2.24, 2.45) is 5.92 Å². The number of nitrogens with one attached hydrogen (secondary N) is 1. The topological polar surface area (TPSA) is 53.9 Å². The maximum absolute atomic E-state index is 4.74. The van der Waals surface area contributed by atoms with Crippen molar-refractivity contribution in [2.45, 2.75) is 26.7 Å². The second-order valence-electron chi connectivity index (χ2n) is 6.93. The van der Waals surface area contributed by atoms with Crippen molar-refractivity contribution in [1.82, 2.24) is 15.0 Å². The van der Waals surface area contributed by atoms with Crippen molar-refractivity contribution < 1.29 is 0 Å². The van der Waals surface area contributed by atoms with Gasteiger partial charge in [0.05, 0.1) is 10.6 Å². The number of piperidine rings is 1. The van der Waals surface area contributed by atoms with Crippen LogP contribution in [-0.4, -0.2) is 28.0 Å². The standard InChI is InChI=1S/C20H23N5S/c1-14-7-10-25(11-8-14)20-22-13-17(26-20)16-4-3-5-18(23-16)24-19-12-15(2)6-9-21-19/h3-6,9,12-14H,7-8,10-11H2,1-2H3,(H,21,23,24). The molecule has 1 aliphatic rings. The van der Waals surface area contributed by atoms with Gasteiger partial charge in [-0.1, -0.05) is 24.3 Å². The molecule has 1 aliphatic heterocycles. The molecular formula is C20H23N5S. The molecule has 0 aromatic carbocycles. The summed E-state index contributed by atoms with van der Waals surface area (Å²) in [6.07, 6.45) is 6.23. The molecule has 134 valence electrons. The van der Waals surface area contributed by atoms with E-state index in [0.29, 0.717) is 0 Å². The summed E-state index contributed by atoms with van der Waals surface area (Å²) < 4.78 is 0. The summed E-state index contributed by atoms with van der Waals surface area (Å²) in [6.45, 7) is 6.58. The lowest BCUT2D eigenvalue weighted by Crippen LogP contribution is -2.32. The molecule has 4 heterocycles. The quantitative estimate of drug-likeness (QED) is 0.713. The number of hydrogen-bond acceptors (Lipinski definition) is 6. The number of aromatic nitrogens is 3. The first-order chi connectivity index (χ1) is 12.7. The van der Waals surface area contributed by atoms with Gasteiger partial charge in [0, 0.05) is 25.5 Å². The third-order valence-electron chi connectivity index (χ3n) is 4.72. The van der Waals surface area contributed by atoms with Gasteiger partial charge in [0.1, 0.15) is 11.6 Å². The minimum atomic E-state index is 0.794. The van der Waals surface area contributed by atoms with Crippen molar-refractivity contribution in [3.63, 3.8) is 0 Å². The van der Waals surface area contributed by atoms with Crippen LogP contribution in [0.4, 0.5) is 16.8 Å². The summed E-state index contributed by atoms with van der Waals surface area (Å²) >= 11 is 1.72. The normalized spacial score (nSPS) is 15.2. The highest BCUT2D eigenvalue weighted by atomic mass is 32.1. The Morgan fingerprint density at radius 2 is 1.96 bits per heavy atom. The zero-order valence-electron chi connectivity index (χ0n) is 15.1. The molecule has 5 nitrogen and oxygen atoms in total. The first kappa shape index (κ1) is 17.0. The SMILES string of the molecule is Cc1ccnc(Nc2cccc(-c3cnc(N4CCC(C)CC4)s3)n2)c1. The highest BCUT2D eigenvalue weighted by molar-refractivity contribution is 7.18. The Balaban J connectivity index is 1.51. The van der Waals surface area contributed by atoms with Gasteiger partial charge in [-0.2, -0.15) is 0 Å². The van der Waals surface area contributed by atoms with Gasteiger partial charge in [0.25, 0.3) is 0 Å². The average molecular weight is 366 g/mol. The number of rotatable bonds is 4. The van der Waals surface area contributed by atoms with Crippen molar-refractivity contribution in [2.75, 3.05) is 23.3 Å². The number of hydrogen-bond donors (Lipinski definition) is 1. The van der Waals surface area contributed by atoms with E-state index in [4.69, 9.17) is 4.98 Å². The van der Waals surface area contributed by atoms with Crippen LogP contribution in [0.15, 0.2) is 42.7 Å². The predicted molar refractivity (Wildman–Crippen MR) is 108 cm³/mol. The van der Waals surface area contributed by atoms with Crippen LogP contribution in [0.25, 0.3) is 10.6 Å². The molecule has 0 atom stereocenters. The second-order valence-corrected chi connectivity index (χ2v) is 7.94. The van der Waals surface area contributed by atoms with Gasteiger partial charge in [-0.3, -0.25) is 0 Å². The summed E-state index contributed by atoms with van der Waals surface area (Å²) in [5, 5.41) is 4.39. The predicted octanol–water partition coefficient (Wildman–Crippen LogP) is 4.89. The summed E-state index contributed by atoms with van der Waals surface area (Å²) in [5.41, 5.74) is 2.11. The first-order valence-corrected chi connectivity index (χ1v) is 9.87. The smallest absolute Gasteiger partial charge is 0.185 e. The Bertz CT molecular complexity index is 883. The number of aryl methyl sites for hydroxylation is 1. The van der Waals surface area contributed by atoms with Crippen molar-refractivity contribution in [3.05, 3.63) is 48.3 Å². The molecule has 0 aliphatic carbocycles. The fourth-order valence-corrected chi connectivity index (χ4v) is 4.04. The highest BCUT2D eigenvalue weighted by Gasteiger charge is 2.19. The van der Waals surface area contributed by atoms with E-state index in [9.17, 15) is 0 Å². The van der Waals surface area contributed by atoms with Crippen molar-refractivity contribution >= 4 is 28.1 Å². The fraction of sp³-hybridized carbons (Fsp3) is 0.350. The molecule has 6 heteroatoms. The van der Waals surface area contributed by atoms with E-state index >= 15 is 0 Å². The summed E-state index contributed by atoms with van der Waals surface area (Å²) in [5.74, 6) is 2.43. The van der Waals surface area contributed by atoms with Gasteiger partial charge in [0.2, 0.25) is 0 Å². The number of thiazole rings is 1. The zero-order valence-corrected chi connectivity index (χ0v) is 16.0. The van der Waals surface area contributed by atoms with Crippen molar-refractivity contribution in [1.29, 1.82) is 0 Å². The molecule has 0 spiro atoms. The van der Waals surface area contributed by atoms with Gasteiger partial charge in [0.15, 0.2) is 5.13 Å². The molecule has 0 unspecified atom stereocenters. The molecule has 0 bridgehead atoms. The van der Waals surface area contributed by atoms with Gasteiger partial charge >= 0.3 is 0 Å². The number of nitrogens with zero attached hydrogens (tertiary/aromatic N) is 4. The average Bonchev–Trinajstić information content (AvgIpc) is 3.13. The Morgan fingerprint density at radius 3 is 2.77 bits per heavy atom. The molecule has 26 heavy (non-hydrogen) atoms. The maximum Gasteiger partial charge on any atom is 0.185 e. The largest absolute Gasteiger partial charge is 0.348 e. The van der Waals surface area contributed by atoms with Gasteiger partial charge < -0.3 is 10.2 Å². The van der Waals surface area contributed by atoms with Gasteiger partial charge in [-0.25, -0.2) is 15.0 Å². The maximum atomic E-state index is 4.74. The van der Waals surface area contributed by atoms with Gasteiger partial charge in [-0.05, 0) is 55.5 Å². The summed E-state index contributed by atoms with van der Waals surface area (Å²) in [4.78, 5) is 17.2. The first-order valence-electron chi connectivity index (χ1n) is 9.05. The number of anilines is 3. The molecule has 1 saturated heterocycles. The second kappa shape index (κ2) is 7.41. The van der Waals surface area contributed by atoms with Crippen LogP contribution < -0.4 is 10.2 Å². The molecule has 0 saturated carbocycles. The Labute approximate surface area is 158 Å². The zero-order chi connectivity index (χ0) is 17.9. The molecule has 3 aromatic rings. The van der Waals surface area contributed by atoms with Gasteiger partial charge in [-0.15, -0.1) is 0 Å². The Morgan fingerprint density at radius 1 is 1.12 bits per heavy atom. The minimum absolute atomic E-state index is 0.794. The van der Waals surface area contributed by atoms with E-state index in [0.717, 1.165) is 46.3 Å². The lowest BCUT2D eigenvalue weighted by molar-refractivity contribution is 0.438. The third-order valence-corrected chi connectivity index (χ3v) is 5.80. The van der Waals surface area contributed by atoms with Crippen LogP contribution in [0.3, 0.4) is 0 Å². The molecule has 0 amide bonds. The van der Waals surface area contributed by atoms with E-state index in [2.05, 4.69) is 34.0 Å². The Kier molecular flexibility index (Phi) is 4.84. The van der Waals surface area contributed by atoms with Crippen LogP contribution in [0.2, 0.25) is 0 Å². The Hall–Kier alpha value is -2.47. The molecule has 3 aromatic heterocycles. The number of pyridine rings is 2. The minimum Gasteiger partial charge on any atom is -0.348 e. The lowest BCUT2D eigenvalue weighted by Gasteiger charge is -2.29. The third kappa shape index (κ3) is 3.85. The molecular weight excluding hydrogens is 342 g/mol. The summed E-state index contributed by atoms with van der Waals surface area (Å²) in [6, 6.07) is 10.0. The van der Waals surface area contributed by atoms with Crippen LogP contribution in [0, 0.1) is 12.8 Å².